The summed E-state index contributed by atoms with van der Waals surface area (Å²) in [6.45, 7) is 9.19. The fourth-order valence-corrected chi connectivity index (χ4v) is 5.80. The number of benzene rings is 3. The highest BCUT2D eigenvalue weighted by Crippen LogP contribution is 2.26. The topological polar surface area (TPSA) is 86.8 Å². The summed E-state index contributed by atoms with van der Waals surface area (Å²) in [5.74, 6) is -0.717. The minimum atomic E-state index is -4.07. The van der Waals surface area contributed by atoms with Crippen LogP contribution < -0.4 is 9.62 Å². The van der Waals surface area contributed by atoms with Crippen molar-refractivity contribution >= 4 is 27.5 Å². The van der Waals surface area contributed by atoms with Gasteiger partial charge in [-0.2, -0.15) is 0 Å². The lowest BCUT2D eigenvalue weighted by molar-refractivity contribution is -0.139. The molecule has 3 rings (SSSR count). The van der Waals surface area contributed by atoms with Gasteiger partial charge in [0, 0.05) is 12.6 Å². The Balaban J connectivity index is 1.99. The van der Waals surface area contributed by atoms with E-state index in [2.05, 4.69) is 5.32 Å². The summed E-state index contributed by atoms with van der Waals surface area (Å²) in [7, 11) is -4.07. The molecule has 0 radical (unpaired) electrons. The number of nitrogens with one attached hydrogen (secondary N) is 1. The molecule has 0 spiro atoms. The molecular weight excluding hydrogens is 510 g/mol. The molecule has 3 aromatic rings. The molecule has 0 saturated carbocycles. The molecule has 1 N–H and O–H groups in total. The molecule has 0 saturated heterocycles. The van der Waals surface area contributed by atoms with Gasteiger partial charge in [-0.05, 0) is 81.5 Å². The number of nitrogens with zero attached hydrogens (tertiary/aromatic N) is 2. The molecule has 3 aromatic carbocycles. The van der Waals surface area contributed by atoms with Gasteiger partial charge in [-0.3, -0.25) is 13.9 Å². The first-order valence-corrected chi connectivity index (χ1v) is 14.8. The van der Waals surface area contributed by atoms with Crippen LogP contribution in [0.25, 0.3) is 0 Å². The van der Waals surface area contributed by atoms with Gasteiger partial charge in [0.1, 0.15) is 12.6 Å². The molecule has 2 amide bonds. The van der Waals surface area contributed by atoms with Gasteiger partial charge in [0.05, 0.1) is 10.6 Å². The van der Waals surface area contributed by atoms with E-state index in [9.17, 15) is 18.0 Å². The standard InChI is InChI=1S/C31H39N3O4S/c1-6-25(4)32-31(36)26(5)33(18-17-27-13-9-7-10-14-27)30(35)22-34(28-20-23(2)19-24(3)21-28)39(37,38)29-15-11-8-12-16-29/h7-16,19-21,25-26H,6,17-18,22H2,1-5H3,(H,32,36)/t25-,26-/m1/s1. The Morgan fingerprint density at radius 3 is 2.00 bits per heavy atom. The van der Waals surface area contributed by atoms with Crippen molar-refractivity contribution in [3.8, 4) is 0 Å². The van der Waals surface area contributed by atoms with Gasteiger partial charge in [0.15, 0.2) is 0 Å². The van der Waals surface area contributed by atoms with Crippen LogP contribution in [-0.2, 0) is 26.0 Å². The van der Waals surface area contributed by atoms with Crippen molar-refractivity contribution in [2.45, 2.75) is 64.4 Å². The van der Waals surface area contributed by atoms with Gasteiger partial charge in [-0.1, -0.05) is 61.5 Å². The van der Waals surface area contributed by atoms with E-state index in [0.717, 1.165) is 27.4 Å². The quantitative estimate of drug-likeness (QED) is 0.349. The summed E-state index contributed by atoms with van der Waals surface area (Å²) in [6, 6.07) is 22.4. The number of sulfonamides is 1. The summed E-state index contributed by atoms with van der Waals surface area (Å²) < 4.78 is 28.9. The molecule has 0 bridgehead atoms. The lowest BCUT2D eigenvalue weighted by Crippen LogP contribution is -2.53. The lowest BCUT2D eigenvalue weighted by Gasteiger charge is -2.32. The van der Waals surface area contributed by atoms with Crippen molar-refractivity contribution in [2.24, 2.45) is 0 Å². The first-order chi connectivity index (χ1) is 18.5. The second kappa shape index (κ2) is 13.4. The van der Waals surface area contributed by atoms with Gasteiger partial charge in [0.2, 0.25) is 11.8 Å². The van der Waals surface area contributed by atoms with Crippen molar-refractivity contribution < 1.29 is 18.0 Å². The molecule has 0 aliphatic carbocycles. The highest BCUT2D eigenvalue weighted by atomic mass is 32.2. The van der Waals surface area contributed by atoms with Crippen molar-refractivity contribution in [3.05, 3.63) is 95.6 Å². The number of carbonyl (C=O) groups is 2. The Hall–Kier alpha value is -3.65. The van der Waals surface area contributed by atoms with Crippen LogP contribution in [0.1, 0.15) is 43.9 Å². The maximum atomic E-state index is 13.9. The number of aryl methyl sites for hydroxylation is 2. The minimum Gasteiger partial charge on any atom is -0.352 e. The molecule has 208 valence electrons. The zero-order valence-electron chi connectivity index (χ0n) is 23.4. The third kappa shape index (κ3) is 7.93. The van der Waals surface area contributed by atoms with Gasteiger partial charge in [-0.25, -0.2) is 8.42 Å². The summed E-state index contributed by atoms with van der Waals surface area (Å²) in [5.41, 5.74) is 3.19. The van der Waals surface area contributed by atoms with Gasteiger partial charge in [-0.15, -0.1) is 0 Å². The Morgan fingerprint density at radius 2 is 1.44 bits per heavy atom. The van der Waals surface area contributed by atoms with Gasteiger partial charge in [0.25, 0.3) is 10.0 Å². The SMILES string of the molecule is CC[C@@H](C)NC(=O)[C@@H](C)N(CCc1ccccc1)C(=O)CN(c1cc(C)cc(C)c1)S(=O)(=O)c1ccccc1. The molecular formula is C31H39N3O4S. The Labute approximate surface area is 232 Å². The van der Waals surface area contributed by atoms with E-state index in [1.807, 2.05) is 64.1 Å². The molecule has 0 unspecified atom stereocenters. The molecule has 8 heteroatoms. The molecule has 2 atom stereocenters. The third-order valence-electron chi connectivity index (χ3n) is 6.76. The molecule has 0 fully saturated rings. The van der Waals surface area contributed by atoms with Crippen molar-refractivity contribution in [2.75, 3.05) is 17.4 Å². The Kier molecular flexibility index (Phi) is 10.3. The molecule has 7 nitrogen and oxygen atoms in total. The van der Waals surface area contributed by atoms with Crippen LogP contribution in [0.5, 0.6) is 0 Å². The van der Waals surface area contributed by atoms with Crippen molar-refractivity contribution in [1.29, 1.82) is 0 Å². The number of anilines is 1. The maximum absolute atomic E-state index is 13.9. The molecule has 0 aromatic heterocycles. The fourth-order valence-electron chi connectivity index (χ4n) is 4.38. The van der Waals surface area contributed by atoms with Gasteiger partial charge >= 0.3 is 0 Å². The van der Waals surface area contributed by atoms with E-state index in [4.69, 9.17) is 0 Å². The first-order valence-electron chi connectivity index (χ1n) is 13.3. The van der Waals surface area contributed by atoms with E-state index in [-0.39, 0.29) is 23.4 Å². The predicted octanol–water partition coefficient (Wildman–Crippen LogP) is 4.87. The number of rotatable bonds is 12. The smallest absolute Gasteiger partial charge is 0.264 e. The molecule has 0 aliphatic heterocycles. The zero-order chi connectivity index (χ0) is 28.6. The summed E-state index contributed by atoms with van der Waals surface area (Å²) in [6.07, 6.45) is 1.29. The highest BCUT2D eigenvalue weighted by molar-refractivity contribution is 7.92. The summed E-state index contributed by atoms with van der Waals surface area (Å²) >= 11 is 0. The van der Waals surface area contributed by atoms with Crippen LogP contribution in [0.4, 0.5) is 5.69 Å². The average molecular weight is 550 g/mol. The number of amides is 2. The average Bonchev–Trinajstić information content (AvgIpc) is 2.92. The minimum absolute atomic E-state index is 0.0451. The maximum Gasteiger partial charge on any atom is 0.264 e. The lowest BCUT2D eigenvalue weighted by atomic mass is 10.1. The monoisotopic (exact) mass is 549 g/mol. The summed E-state index contributed by atoms with van der Waals surface area (Å²) in [5, 5.41) is 2.95. The van der Waals surface area contributed by atoms with Crippen LogP contribution in [0.3, 0.4) is 0 Å². The van der Waals surface area contributed by atoms with E-state index >= 15 is 0 Å². The van der Waals surface area contributed by atoms with E-state index in [1.54, 1.807) is 37.3 Å². The number of hydrogen-bond acceptors (Lipinski definition) is 4. The second-order valence-electron chi connectivity index (χ2n) is 9.99. The van der Waals surface area contributed by atoms with Crippen LogP contribution in [0.15, 0.2) is 83.8 Å². The number of hydrogen-bond donors (Lipinski definition) is 1. The predicted molar refractivity (Wildman–Crippen MR) is 156 cm³/mol. The third-order valence-corrected chi connectivity index (χ3v) is 8.55. The molecule has 0 aliphatic rings. The normalized spacial score (nSPS) is 12.8. The fraction of sp³-hybridized carbons (Fsp3) is 0.355. The van der Waals surface area contributed by atoms with Crippen LogP contribution in [0.2, 0.25) is 0 Å². The van der Waals surface area contributed by atoms with Crippen LogP contribution >= 0.6 is 0 Å². The molecule has 39 heavy (non-hydrogen) atoms. The van der Waals surface area contributed by atoms with Crippen LogP contribution in [-0.4, -0.2) is 50.3 Å². The van der Waals surface area contributed by atoms with E-state index in [0.29, 0.717) is 12.1 Å². The Morgan fingerprint density at radius 1 is 0.872 bits per heavy atom. The van der Waals surface area contributed by atoms with Crippen molar-refractivity contribution in [3.63, 3.8) is 0 Å². The van der Waals surface area contributed by atoms with E-state index in [1.165, 1.54) is 17.0 Å². The highest BCUT2D eigenvalue weighted by Gasteiger charge is 2.32. The second-order valence-corrected chi connectivity index (χ2v) is 11.8. The largest absolute Gasteiger partial charge is 0.352 e. The summed E-state index contributed by atoms with van der Waals surface area (Å²) in [4.78, 5) is 28.6. The first kappa shape index (κ1) is 29.9. The van der Waals surface area contributed by atoms with Crippen molar-refractivity contribution in [1.82, 2.24) is 10.2 Å². The zero-order valence-corrected chi connectivity index (χ0v) is 24.2. The van der Waals surface area contributed by atoms with Crippen LogP contribution in [0, 0.1) is 13.8 Å². The van der Waals surface area contributed by atoms with E-state index < -0.39 is 28.5 Å². The Bertz CT molecular complexity index is 1340. The molecule has 0 heterocycles. The van der Waals surface area contributed by atoms with Gasteiger partial charge < -0.3 is 10.2 Å². The number of carbonyl (C=O) groups excluding carboxylic acids is 2.